The van der Waals surface area contributed by atoms with Gasteiger partial charge in [0.05, 0.1) is 5.69 Å². The maximum Gasteiger partial charge on any atom is 0.227 e. The molecule has 0 aromatic carbocycles. The summed E-state index contributed by atoms with van der Waals surface area (Å²) in [5.74, 6) is 0.797. The number of carbonyl (C=O) groups excluding carboxylic acids is 1. The lowest BCUT2D eigenvalue weighted by atomic mass is 9.81. The second-order valence-electron chi connectivity index (χ2n) is 7.14. The lowest BCUT2D eigenvalue weighted by Crippen LogP contribution is -2.41. The minimum atomic E-state index is 0.0466. The third-order valence-corrected chi connectivity index (χ3v) is 5.25. The Hall–Kier alpha value is -2.57. The highest BCUT2D eigenvalue weighted by Crippen LogP contribution is 2.31. The molecule has 0 bridgehead atoms. The molecule has 140 valence electrons. The van der Waals surface area contributed by atoms with E-state index in [4.69, 9.17) is 11.1 Å². The van der Waals surface area contributed by atoms with Crippen LogP contribution in [0, 0.1) is 17.2 Å². The molecule has 2 aromatic heterocycles. The van der Waals surface area contributed by atoms with Crippen molar-refractivity contribution in [2.75, 3.05) is 18.4 Å². The van der Waals surface area contributed by atoms with Crippen LogP contribution in [-0.2, 0) is 4.79 Å². The zero-order valence-electron chi connectivity index (χ0n) is 15.3. The minimum Gasteiger partial charge on any atom is -0.370 e. The Morgan fingerprint density at radius 1 is 1.38 bits per heavy atom. The van der Waals surface area contributed by atoms with E-state index < -0.39 is 0 Å². The quantitative estimate of drug-likeness (QED) is 0.471. The van der Waals surface area contributed by atoms with Crippen molar-refractivity contribution in [2.45, 2.75) is 39.0 Å². The molecule has 5 N–H and O–H groups in total. The molecule has 2 heterocycles. The fraction of sp³-hybridized carbons (Fsp3) is 0.526. The number of nitrogens with one attached hydrogen (secondary N) is 3. The van der Waals surface area contributed by atoms with E-state index in [2.05, 4.69) is 22.2 Å². The second kappa shape index (κ2) is 8.21. The highest BCUT2D eigenvalue weighted by molar-refractivity contribution is 6.00. The number of fused-ring (bicyclic) bond motifs is 1. The van der Waals surface area contributed by atoms with Crippen molar-refractivity contribution in [3.8, 4) is 0 Å². The Morgan fingerprint density at radius 2 is 2.15 bits per heavy atom. The summed E-state index contributed by atoms with van der Waals surface area (Å²) < 4.78 is 0. The summed E-state index contributed by atoms with van der Waals surface area (Å²) in [7, 11) is 0. The molecule has 2 aromatic rings. The van der Waals surface area contributed by atoms with E-state index in [1.807, 2.05) is 23.2 Å². The van der Waals surface area contributed by atoms with Crippen molar-refractivity contribution in [3.63, 3.8) is 0 Å². The van der Waals surface area contributed by atoms with Crippen molar-refractivity contribution in [2.24, 2.45) is 17.6 Å². The number of hydrogen-bond acceptors (Lipinski definition) is 3. The van der Waals surface area contributed by atoms with E-state index in [9.17, 15) is 4.79 Å². The van der Waals surface area contributed by atoms with Crippen LogP contribution in [0.2, 0.25) is 0 Å². The summed E-state index contributed by atoms with van der Waals surface area (Å²) in [6.07, 6.45) is 8.29. The Labute approximate surface area is 153 Å². The Kier molecular flexibility index (Phi) is 5.75. The van der Waals surface area contributed by atoms with Gasteiger partial charge in [0.1, 0.15) is 5.65 Å². The van der Waals surface area contributed by atoms with Crippen LogP contribution in [0.1, 0.15) is 39.0 Å². The molecule has 1 fully saturated rings. The molecule has 3 rings (SSSR count). The number of pyridine rings is 1. The highest BCUT2D eigenvalue weighted by atomic mass is 16.1. The smallest absolute Gasteiger partial charge is 0.227 e. The number of aromatic nitrogens is 2. The van der Waals surface area contributed by atoms with Gasteiger partial charge >= 0.3 is 0 Å². The molecule has 0 saturated heterocycles. The van der Waals surface area contributed by atoms with Gasteiger partial charge in [-0.2, -0.15) is 0 Å². The number of guanidine groups is 1. The Morgan fingerprint density at radius 3 is 2.85 bits per heavy atom. The number of nitrogens with zero attached hydrogens (tertiary/aromatic N) is 2. The number of anilines is 1. The first-order valence-electron chi connectivity index (χ1n) is 9.40. The third-order valence-electron chi connectivity index (χ3n) is 5.25. The SMILES string of the molecule is CCCN(CC1CCC(C(=O)Nc2ccnc3[nH]ccc23)CC1)C(=N)N. The molecule has 1 aliphatic carbocycles. The van der Waals surface area contributed by atoms with Gasteiger partial charge < -0.3 is 20.9 Å². The van der Waals surface area contributed by atoms with Crippen LogP contribution in [0.5, 0.6) is 0 Å². The second-order valence-corrected chi connectivity index (χ2v) is 7.14. The molecule has 0 radical (unpaired) electrons. The van der Waals surface area contributed by atoms with Crippen LogP contribution in [0.25, 0.3) is 11.0 Å². The topological polar surface area (TPSA) is 111 Å². The summed E-state index contributed by atoms with van der Waals surface area (Å²) in [6.45, 7) is 3.74. The molecular weight excluding hydrogens is 328 g/mol. The van der Waals surface area contributed by atoms with Gasteiger partial charge in [-0.05, 0) is 50.2 Å². The summed E-state index contributed by atoms with van der Waals surface area (Å²) in [6, 6.07) is 3.77. The number of nitrogens with two attached hydrogens (primary N) is 1. The minimum absolute atomic E-state index is 0.0466. The average Bonchev–Trinajstić information content (AvgIpc) is 3.11. The molecule has 7 nitrogen and oxygen atoms in total. The first kappa shape index (κ1) is 18.2. The average molecular weight is 356 g/mol. The van der Waals surface area contributed by atoms with Crippen LogP contribution in [0.3, 0.4) is 0 Å². The van der Waals surface area contributed by atoms with Crippen molar-refractivity contribution in [3.05, 3.63) is 24.5 Å². The molecule has 26 heavy (non-hydrogen) atoms. The van der Waals surface area contributed by atoms with Gasteiger partial charge in [0, 0.05) is 36.8 Å². The highest BCUT2D eigenvalue weighted by Gasteiger charge is 2.28. The van der Waals surface area contributed by atoms with Gasteiger partial charge in [0.25, 0.3) is 0 Å². The fourth-order valence-corrected chi connectivity index (χ4v) is 3.80. The van der Waals surface area contributed by atoms with Crippen molar-refractivity contribution in [1.29, 1.82) is 5.41 Å². The summed E-state index contributed by atoms with van der Waals surface area (Å²) in [5, 5.41) is 11.7. The van der Waals surface area contributed by atoms with Crippen LogP contribution < -0.4 is 11.1 Å². The molecule has 0 unspecified atom stereocenters. The normalized spacial score (nSPS) is 20.0. The lowest BCUT2D eigenvalue weighted by molar-refractivity contribution is -0.121. The lowest BCUT2D eigenvalue weighted by Gasteiger charge is -2.32. The fourth-order valence-electron chi connectivity index (χ4n) is 3.80. The van der Waals surface area contributed by atoms with Crippen LogP contribution in [0.15, 0.2) is 24.5 Å². The van der Waals surface area contributed by atoms with Gasteiger partial charge in [0.2, 0.25) is 5.91 Å². The zero-order chi connectivity index (χ0) is 18.5. The molecule has 0 atom stereocenters. The number of carbonyl (C=O) groups is 1. The Balaban J connectivity index is 1.54. The van der Waals surface area contributed by atoms with E-state index >= 15 is 0 Å². The van der Waals surface area contributed by atoms with E-state index in [1.165, 1.54) is 0 Å². The molecule has 0 spiro atoms. The molecular formula is C19H28N6O. The monoisotopic (exact) mass is 356 g/mol. The summed E-state index contributed by atoms with van der Waals surface area (Å²) in [4.78, 5) is 21.9. The van der Waals surface area contributed by atoms with E-state index in [0.29, 0.717) is 5.92 Å². The molecule has 0 aliphatic heterocycles. The summed E-state index contributed by atoms with van der Waals surface area (Å²) >= 11 is 0. The van der Waals surface area contributed by atoms with E-state index in [0.717, 1.165) is 61.9 Å². The largest absolute Gasteiger partial charge is 0.370 e. The molecule has 1 amide bonds. The van der Waals surface area contributed by atoms with Crippen LogP contribution in [0.4, 0.5) is 5.69 Å². The van der Waals surface area contributed by atoms with Crippen LogP contribution in [-0.4, -0.2) is 39.8 Å². The molecule has 1 saturated carbocycles. The number of H-pyrrole nitrogens is 1. The van der Waals surface area contributed by atoms with Crippen molar-refractivity contribution < 1.29 is 4.79 Å². The third kappa shape index (κ3) is 4.15. The predicted molar refractivity (Wildman–Crippen MR) is 104 cm³/mol. The summed E-state index contributed by atoms with van der Waals surface area (Å²) in [5.41, 5.74) is 7.27. The van der Waals surface area contributed by atoms with Gasteiger partial charge in [-0.15, -0.1) is 0 Å². The molecule has 1 aliphatic rings. The maximum absolute atomic E-state index is 12.7. The van der Waals surface area contributed by atoms with E-state index in [1.54, 1.807) is 6.20 Å². The van der Waals surface area contributed by atoms with Gasteiger partial charge in [-0.3, -0.25) is 10.2 Å². The maximum atomic E-state index is 12.7. The van der Waals surface area contributed by atoms with Crippen molar-refractivity contribution >= 4 is 28.6 Å². The van der Waals surface area contributed by atoms with Gasteiger partial charge in [-0.25, -0.2) is 4.98 Å². The zero-order valence-corrected chi connectivity index (χ0v) is 15.3. The van der Waals surface area contributed by atoms with Gasteiger partial charge in [-0.1, -0.05) is 6.92 Å². The standard InChI is InChI=1S/C19H28N6O/c1-2-11-25(19(20)21)12-13-3-5-14(6-4-13)18(26)24-16-8-10-23-17-15(16)7-9-22-17/h7-10,13-14H,2-6,11-12H2,1H3,(H3,20,21)(H2,22,23,24,26). The Bertz CT molecular complexity index is 762. The van der Waals surface area contributed by atoms with Gasteiger partial charge in [0.15, 0.2) is 5.96 Å². The first-order valence-corrected chi connectivity index (χ1v) is 9.40. The first-order chi connectivity index (χ1) is 12.6. The number of amides is 1. The van der Waals surface area contributed by atoms with Crippen molar-refractivity contribution in [1.82, 2.24) is 14.9 Å². The van der Waals surface area contributed by atoms with E-state index in [-0.39, 0.29) is 17.8 Å². The predicted octanol–water partition coefficient (Wildman–Crippen LogP) is 2.91. The number of hydrogen-bond donors (Lipinski definition) is 4. The molecule has 7 heteroatoms. The number of aromatic amines is 1. The number of rotatable bonds is 6. The van der Waals surface area contributed by atoms with Crippen LogP contribution >= 0.6 is 0 Å².